The van der Waals surface area contributed by atoms with Gasteiger partial charge in [0, 0.05) is 32.7 Å². The van der Waals surface area contributed by atoms with E-state index in [-0.39, 0.29) is 11.5 Å². The van der Waals surface area contributed by atoms with Gasteiger partial charge in [0.1, 0.15) is 5.82 Å². The number of benzene rings is 1. The molecule has 4 heteroatoms. The smallest absolute Gasteiger partial charge is 0.256 e. The first-order chi connectivity index (χ1) is 8.72. The van der Waals surface area contributed by atoms with E-state index in [1.807, 2.05) is 6.08 Å². The maximum atomic E-state index is 13.5. The van der Waals surface area contributed by atoms with Crippen molar-refractivity contribution < 1.29 is 9.18 Å². The summed E-state index contributed by atoms with van der Waals surface area (Å²) in [5, 5.41) is 0. The molecule has 0 aromatic heterocycles. The average molecular weight is 248 g/mol. The van der Waals surface area contributed by atoms with Gasteiger partial charge in [0.15, 0.2) is 0 Å². The summed E-state index contributed by atoms with van der Waals surface area (Å²) in [6.45, 7) is 7.43. The monoisotopic (exact) mass is 248 g/mol. The molecular formula is C14H17FN2O. The zero-order valence-electron chi connectivity index (χ0n) is 10.3. The largest absolute Gasteiger partial charge is 0.336 e. The van der Waals surface area contributed by atoms with Crippen molar-refractivity contribution in [2.24, 2.45) is 0 Å². The summed E-state index contributed by atoms with van der Waals surface area (Å²) < 4.78 is 13.5. The molecule has 1 heterocycles. The van der Waals surface area contributed by atoms with Crippen molar-refractivity contribution in [1.82, 2.24) is 9.80 Å². The summed E-state index contributed by atoms with van der Waals surface area (Å²) in [4.78, 5) is 16.1. The van der Waals surface area contributed by atoms with E-state index in [1.165, 1.54) is 12.1 Å². The number of nitrogens with zero attached hydrogens (tertiary/aromatic N) is 2. The molecule has 18 heavy (non-hydrogen) atoms. The van der Waals surface area contributed by atoms with Gasteiger partial charge in [-0.1, -0.05) is 18.2 Å². The molecule has 0 aliphatic carbocycles. The summed E-state index contributed by atoms with van der Waals surface area (Å²) in [5.41, 5.74) is 0.162. The molecule has 1 amide bonds. The van der Waals surface area contributed by atoms with Gasteiger partial charge in [0.25, 0.3) is 5.91 Å². The molecular weight excluding hydrogens is 231 g/mol. The molecule has 0 spiro atoms. The van der Waals surface area contributed by atoms with Crippen LogP contribution in [0, 0.1) is 5.82 Å². The Morgan fingerprint density at radius 3 is 2.56 bits per heavy atom. The van der Waals surface area contributed by atoms with Crippen LogP contribution in [0.2, 0.25) is 0 Å². The fourth-order valence-electron chi connectivity index (χ4n) is 2.12. The van der Waals surface area contributed by atoms with E-state index in [9.17, 15) is 9.18 Å². The normalized spacial score (nSPS) is 16.6. The Labute approximate surface area is 107 Å². The predicted octanol–water partition coefficient (Wildman–Crippen LogP) is 1.77. The second-order valence-electron chi connectivity index (χ2n) is 4.36. The van der Waals surface area contributed by atoms with Crippen LogP contribution in [0.25, 0.3) is 0 Å². The Morgan fingerprint density at radius 2 is 1.94 bits per heavy atom. The van der Waals surface area contributed by atoms with Crippen molar-refractivity contribution in [2.75, 3.05) is 32.7 Å². The highest BCUT2D eigenvalue weighted by Crippen LogP contribution is 2.12. The van der Waals surface area contributed by atoms with E-state index in [1.54, 1.807) is 17.0 Å². The van der Waals surface area contributed by atoms with Crippen LogP contribution in [0.3, 0.4) is 0 Å². The van der Waals surface area contributed by atoms with Gasteiger partial charge in [-0.25, -0.2) is 4.39 Å². The zero-order chi connectivity index (χ0) is 13.0. The van der Waals surface area contributed by atoms with Crippen LogP contribution >= 0.6 is 0 Å². The standard InChI is InChI=1S/C14H17FN2O/c1-2-7-16-8-10-17(11-9-16)14(18)12-5-3-4-6-13(12)15/h2-6H,1,7-11H2. The molecule has 96 valence electrons. The van der Waals surface area contributed by atoms with Gasteiger partial charge in [-0.05, 0) is 12.1 Å². The molecule has 0 N–H and O–H groups in total. The van der Waals surface area contributed by atoms with Crippen LogP contribution in [0.5, 0.6) is 0 Å². The lowest BCUT2D eigenvalue weighted by Crippen LogP contribution is -2.48. The van der Waals surface area contributed by atoms with Gasteiger partial charge in [-0.15, -0.1) is 6.58 Å². The average Bonchev–Trinajstić information content (AvgIpc) is 2.40. The number of rotatable bonds is 3. The summed E-state index contributed by atoms with van der Waals surface area (Å²) in [7, 11) is 0. The van der Waals surface area contributed by atoms with E-state index in [4.69, 9.17) is 0 Å². The molecule has 1 aromatic rings. The van der Waals surface area contributed by atoms with Crippen molar-refractivity contribution in [2.45, 2.75) is 0 Å². The molecule has 0 atom stereocenters. The third-order valence-electron chi connectivity index (χ3n) is 3.15. The zero-order valence-corrected chi connectivity index (χ0v) is 10.3. The van der Waals surface area contributed by atoms with E-state index in [0.717, 1.165) is 19.6 Å². The number of halogens is 1. The van der Waals surface area contributed by atoms with Gasteiger partial charge in [-0.2, -0.15) is 0 Å². The van der Waals surface area contributed by atoms with E-state index >= 15 is 0 Å². The molecule has 1 aliphatic heterocycles. The second kappa shape index (κ2) is 5.78. The third kappa shape index (κ3) is 2.76. The molecule has 1 aromatic carbocycles. The molecule has 3 nitrogen and oxygen atoms in total. The Kier molecular flexibility index (Phi) is 4.10. The number of hydrogen-bond donors (Lipinski definition) is 0. The van der Waals surface area contributed by atoms with Gasteiger partial charge in [0.2, 0.25) is 0 Å². The summed E-state index contributed by atoms with van der Waals surface area (Å²) >= 11 is 0. The Balaban J connectivity index is 2.00. The Morgan fingerprint density at radius 1 is 1.28 bits per heavy atom. The second-order valence-corrected chi connectivity index (χ2v) is 4.36. The topological polar surface area (TPSA) is 23.6 Å². The molecule has 0 unspecified atom stereocenters. The van der Waals surface area contributed by atoms with Crippen LogP contribution in [0.1, 0.15) is 10.4 Å². The van der Waals surface area contributed by atoms with Crippen molar-refractivity contribution in [3.05, 3.63) is 48.3 Å². The Hall–Kier alpha value is -1.68. The minimum atomic E-state index is -0.448. The number of hydrogen-bond acceptors (Lipinski definition) is 2. The first-order valence-corrected chi connectivity index (χ1v) is 6.09. The highest BCUT2D eigenvalue weighted by atomic mass is 19.1. The number of piperazine rings is 1. The lowest BCUT2D eigenvalue weighted by molar-refractivity contribution is 0.0645. The van der Waals surface area contributed by atoms with E-state index in [2.05, 4.69) is 11.5 Å². The van der Waals surface area contributed by atoms with Crippen molar-refractivity contribution in [1.29, 1.82) is 0 Å². The molecule has 1 saturated heterocycles. The highest BCUT2D eigenvalue weighted by molar-refractivity contribution is 5.94. The summed E-state index contributed by atoms with van der Waals surface area (Å²) in [6.07, 6.45) is 1.86. The first kappa shape index (κ1) is 12.8. The van der Waals surface area contributed by atoms with Crippen LogP contribution in [-0.2, 0) is 0 Å². The molecule has 1 aliphatic rings. The lowest BCUT2D eigenvalue weighted by Gasteiger charge is -2.34. The van der Waals surface area contributed by atoms with Crippen LogP contribution in [0.15, 0.2) is 36.9 Å². The lowest BCUT2D eigenvalue weighted by atomic mass is 10.1. The maximum absolute atomic E-state index is 13.5. The fourth-order valence-corrected chi connectivity index (χ4v) is 2.12. The summed E-state index contributed by atoms with van der Waals surface area (Å²) in [5.74, 6) is -0.664. The van der Waals surface area contributed by atoms with Crippen LogP contribution in [0.4, 0.5) is 4.39 Å². The molecule has 0 bridgehead atoms. The number of carbonyl (C=O) groups excluding carboxylic acids is 1. The number of carbonyl (C=O) groups is 1. The predicted molar refractivity (Wildman–Crippen MR) is 68.9 cm³/mol. The van der Waals surface area contributed by atoms with Gasteiger partial charge >= 0.3 is 0 Å². The van der Waals surface area contributed by atoms with Crippen LogP contribution in [-0.4, -0.2) is 48.4 Å². The quantitative estimate of drug-likeness (QED) is 0.761. The Bertz CT molecular complexity index is 439. The highest BCUT2D eigenvalue weighted by Gasteiger charge is 2.23. The molecule has 0 saturated carbocycles. The van der Waals surface area contributed by atoms with Gasteiger partial charge < -0.3 is 4.90 Å². The fraction of sp³-hybridized carbons (Fsp3) is 0.357. The van der Waals surface area contributed by atoms with Crippen molar-refractivity contribution >= 4 is 5.91 Å². The van der Waals surface area contributed by atoms with Crippen molar-refractivity contribution in [3.63, 3.8) is 0 Å². The first-order valence-electron chi connectivity index (χ1n) is 6.09. The number of amides is 1. The van der Waals surface area contributed by atoms with Crippen LogP contribution < -0.4 is 0 Å². The molecule has 0 radical (unpaired) electrons. The SMILES string of the molecule is C=CCN1CCN(C(=O)c2ccccc2F)CC1. The van der Waals surface area contributed by atoms with Gasteiger partial charge in [0.05, 0.1) is 5.56 Å². The van der Waals surface area contributed by atoms with Gasteiger partial charge in [-0.3, -0.25) is 9.69 Å². The van der Waals surface area contributed by atoms with E-state index < -0.39 is 5.82 Å². The maximum Gasteiger partial charge on any atom is 0.256 e. The molecule has 2 rings (SSSR count). The molecule has 1 fully saturated rings. The van der Waals surface area contributed by atoms with Crippen molar-refractivity contribution in [3.8, 4) is 0 Å². The minimum absolute atomic E-state index is 0.162. The minimum Gasteiger partial charge on any atom is -0.336 e. The van der Waals surface area contributed by atoms with E-state index in [0.29, 0.717) is 13.1 Å². The summed E-state index contributed by atoms with van der Waals surface area (Å²) in [6, 6.07) is 6.13. The third-order valence-corrected chi connectivity index (χ3v) is 3.15.